The molecule has 0 spiro atoms. The Hall–Kier alpha value is -1.49. The third-order valence-electron chi connectivity index (χ3n) is 1.42. The molecule has 4 N–H and O–H groups in total. The molecule has 0 aliphatic rings. The second-order valence-corrected chi connectivity index (χ2v) is 2.68. The molecule has 1 aromatic carbocycles. The molecule has 0 heterocycles. The van der Waals surface area contributed by atoms with E-state index in [0.717, 1.165) is 12.1 Å². The van der Waals surface area contributed by atoms with Gasteiger partial charge in [-0.15, -0.1) is 0 Å². The van der Waals surface area contributed by atoms with E-state index >= 15 is 0 Å². The minimum absolute atomic E-state index is 0.107. The topological polar surface area (TPSA) is 78.8 Å². The second kappa shape index (κ2) is 3.49. The summed E-state index contributed by atoms with van der Waals surface area (Å²) in [7, 11) is 0. The first kappa shape index (κ1) is 9.60. The van der Waals surface area contributed by atoms with Crippen LogP contribution in [-0.2, 0) is 0 Å². The van der Waals surface area contributed by atoms with Crippen molar-refractivity contribution in [3.05, 3.63) is 28.5 Å². The highest BCUT2D eigenvalue weighted by Gasteiger charge is 2.10. The molecular weight excluding hydrogens is 199 g/mol. The number of nitrogens with two attached hydrogens (primary N) is 1. The lowest BCUT2D eigenvalue weighted by Gasteiger charge is -2.03. The predicted octanol–water partition coefficient (Wildman–Crippen LogP) is 1.28. The maximum Gasteiger partial charge on any atom is 0.173 e. The van der Waals surface area contributed by atoms with Crippen LogP contribution in [-0.4, -0.2) is 16.1 Å². The Bertz CT molecular complexity index is 368. The fourth-order valence-corrected chi connectivity index (χ4v) is 0.953. The summed E-state index contributed by atoms with van der Waals surface area (Å²) in [5.74, 6) is -1.48. The summed E-state index contributed by atoms with van der Waals surface area (Å²) < 4.78 is 12.8. The Morgan fingerprint density at radius 1 is 1.54 bits per heavy atom. The molecule has 0 fully saturated rings. The lowest BCUT2D eigenvalue weighted by molar-refractivity contribution is 0.318. The van der Waals surface area contributed by atoms with Gasteiger partial charge in [0.15, 0.2) is 5.84 Å². The van der Waals surface area contributed by atoms with Gasteiger partial charge in [0.05, 0.1) is 10.6 Å². The number of phenolic OH excluding ortho intramolecular Hbond substituents is 1. The van der Waals surface area contributed by atoms with E-state index in [2.05, 4.69) is 5.16 Å². The highest BCUT2D eigenvalue weighted by Crippen LogP contribution is 2.24. The van der Waals surface area contributed by atoms with Crippen molar-refractivity contribution in [1.29, 1.82) is 0 Å². The number of nitrogens with zero attached hydrogens (tertiary/aromatic N) is 1. The Morgan fingerprint density at radius 2 is 2.15 bits per heavy atom. The Labute approximate surface area is 78.0 Å². The smallest absolute Gasteiger partial charge is 0.173 e. The molecule has 0 bridgehead atoms. The minimum atomic E-state index is -0.749. The quantitative estimate of drug-likeness (QED) is 0.279. The van der Waals surface area contributed by atoms with Crippen molar-refractivity contribution in [1.82, 2.24) is 0 Å². The van der Waals surface area contributed by atoms with Crippen LogP contribution in [0.15, 0.2) is 17.3 Å². The summed E-state index contributed by atoms with van der Waals surface area (Å²) in [4.78, 5) is 0. The molecule has 0 saturated heterocycles. The van der Waals surface area contributed by atoms with E-state index in [1.807, 2.05) is 0 Å². The van der Waals surface area contributed by atoms with E-state index in [4.69, 9.17) is 22.5 Å². The molecule has 0 unspecified atom stereocenters. The number of hydrogen-bond acceptors (Lipinski definition) is 3. The highest BCUT2D eigenvalue weighted by molar-refractivity contribution is 6.31. The van der Waals surface area contributed by atoms with Gasteiger partial charge in [-0.2, -0.15) is 0 Å². The first-order valence-corrected chi connectivity index (χ1v) is 3.60. The van der Waals surface area contributed by atoms with Crippen molar-refractivity contribution in [2.24, 2.45) is 10.9 Å². The molecule has 4 nitrogen and oxygen atoms in total. The van der Waals surface area contributed by atoms with E-state index in [-0.39, 0.29) is 22.2 Å². The first-order chi connectivity index (χ1) is 6.06. The average molecular weight is 205 g/mol. The van der Waals surface area contributed by atoms with Gasteiger partial charge >= 0.3 is 0 Å². The van der Waals surface area contributed by atoms with E-state index in [0.29, 0.717) is 0 Å². The first-order valence-electron chi connectivity index (χ1n) is 3.22. The molecule has 0 aliphatic heterocycles. The van der Waals surface area contributed by atoms with Crippen LogP contribution < -0.4 is 5.73 Å². The van der Waals surface area contributed by atoms with E-state index in [1.54, 1.807) is 0 Å². The molecule has 1 rings (SSSR count). The summed E-state index contributed by atoms with van der Waals surface area (Å²) >= 11 is 5.36. The number of rotatable bonds is 1. The molecule has 6 heteroatoms. The Balaban J connectivity index is 3.32. The van der Waals surface area contributed by atoms with Crippen molar-refractivity contribution in [3.8, 4) is 5.75 Å². The third-order valence-corrected chi connectivity index (χ3v) is 1.71. The van der Waals surface area contributed by atoms with Crippen molar-refractivity contribution in [2.75, 3.05) is 0 Å². The number of aromatic hydroxyl groups is 1. The Kier molecular flexibility index (Phi) is 2.57. The molecular formula is C7H6ClFN2O2. The molecule has 1 aromatic rings. The number of phenols is 1. The molecule has 13 heavy (non-hydrogen) atoms. The molecule has 0 atom stereocenters. The summed E-state index contributed by atoms with van der Waals surface area (Å²) in [5, 5.41) is 19.8. The molecule has 70 valence electrons. The third kappa shape index (κ3) is 1.81. The van der Waals surface area contributed by atoms with Crippen LogP contribution in [0.1, 0.15) is 5.56 Å². The van der Waals surface area contributed by atoms with Gasteiger partial charge in [0.25, 0.3) is 0 Å². The summed E-state index contributed by atoms with van der Waals surface area (Å²) in [6.45, 7) is 0. The van der Waals surface area contributed by atoms with Gasteiger partial charge in [0.1, 0.15) is 11.6 Å². The molecule has 0 aliphatic carbocycles. The maximum absolute atomic E-state index is 12.8. The number of oxime groups is 1. The number of hydrogen-bond donors (Lipinski definition) is 3. The van der Waals surface area contributed by atoms with Crippen LogP contribution in [0.4, 0.5) is 4.39 Å². The minimum Gasteiger partial charge on any atom is -0.507 e. The normalized spacial score (nSPS) is 11.7. The maximum atomic E-state index is 12.8. The molecule has 0 saturated carbocycles. The van der Waals surface area contributed by atoms with E-state index in [1.165, 1.54) is 0 Å². The van der Waals surface area contributed by atoms with Crippen LogP contribution in [0.5, 0.6) is 5.75 Å². The standard InChI is InChI=1S/C7H6ClFN2O2/c8-4-2-6(12)3(1-5(4)9)7(10)11-13/h1-2,12-13H,(H2,10,11). The summed E-state index contributed by atoms with van der Waals surface area (Å²) in [6.07, 6.45) is 0. The lowest BCUT2D eigenvalue weighted by Crippen LogP contribution is -2.13. The van der Waals surface area contributed by atoms with Gasteiger partial charge in [0, 0.05) is 6.07 Å². The second-order valence-electron chi connectivity index (χ2n) is 2.27. The van der Waals surface area contributed by atoms with Gasteiger partial charge < -0.3 is 16.0 Å². The van der Waals surface area contributed by atoms with E-state index in [9.17, 15) is 9.50 Å². The van der Waals surface area contributed by atoms with E-state index < -0.39 is 5.82 Å². The van der Waals surface area contributed by atoms with Crippen molar-refractivity contribution in [3.63, 3.8) is 0 Å². The zero-order valence-electron chi connectivity index (χ0n) is 6.33. The van der Waals surface area contributed by atoms with Crippen LogP contribution in [0.2, 0.25) is 5.02 Å². The average Bonchev–Trinajstić information content (AvgIpc) is 2.10. The van der Waals surface area contributed by atoms with Crippen LogP contribution in [0.3, 0.4) is 0 Å². The number of halogens is 2. The number of amidine groups is 1. The summed E-state index contributed by atoms with van der Waals surface area (Å²) in [6, 6.07) is 1.86. The highest BCUT2D eigenvalue weighted by atomic mass is 35.5. The zero-order chi connectivity index (χ0) is 10.0. The number of benzene rings is 1. The summed E-state index contributed by atoms with van der Waals surface area (Å²) in [5.41, 5.74) is 5.04. The largest absolute Gasteiger partial charge is 0.507 e. The van der Waals surface area contributed by atoms with Gasteiger partial charge in [-0.3, -0.25) is 0 Å². The Morgan fingerprint density at radius 3 is 2.69 bits per heavy atom. The SMILES string of the molecule is N/C(=N/O)c1cc(F)c(Cl)cc1O. The van der Waals surface area contributed by atoms with Gasteiger partial charge in [-0.25, -0.2) is 4.39 Å². The van der Waals surface area contributed by atoms with Crippen molar-refractivity contribution >= 4 is 17.4 Å². The van der Waals surface area contributed by atoms with Crippen molar-refractivity contribution in [2.45, 2.75) is 0 Å². The monoisotopic (exact) mass is 204 g/mol. The van der Waals surface area contributed by atoms with Gasteiger partial charge in [-0.05, 0) is 6.07 Å². The zero-order valence-corrected chi connectivity index (χ0v) is 7.09. The van der Waals surface area contributed by atoms with Crippen LogP contribution in [0.25, 0.3) is 0 Å². The predicted molar refractivity (Wildman–Crippen MR) is 45.6 cm³/mol. The fraction of sp³-hybridized carbons (Fsp3) is 0. The van der Waals surface area contributed by atoms with Crippen LogP contribution in [0, 0.1) is 5.82 Å². The van der Waals surface area contributed by atoms with Gasteiger partial charge in [0.2, 0.25) is 0 Å². The molecule has 0 aromatic heterocycles. The van der Waals surface area contributed by atoms with Gasteiger partial charge in [-0.1, -0.05) is 16.8 Å². The fourth-order valence-electron chi connectivity index (χ4n) is 0.795. The van der Waals surface area contributed by atoms with Crippen LogP contribution >= 0.6 is 11.6 Å². The molecule has 0 radical (unpaired) electrons. The van der Waals surface area contributed by atoms with Crippen molar-refractivity contribution < 1.29 is 14.7 Å². The molecule has 0 amide bonds. The lowest BCUT2D eigenvalue weighted by atomic mass is 10.2.